The van der Waals surface area contributed by atoms with Crippen LogP contribution in [0.2, 0.25) is 5.15 Å². The first-order valence-corrected chi connectivity index (χ1v) is 5.84. The summed E-state index contributed by atoms with van der Waals surface area (Å²) in [7, 11) is 1.69. The summed E-state index contributed by atoms with van der Waals surface area (Å²) < 4.78 is 0. The van der Waals surface area contributed by atoms with E-state index in [1.807, 2.05) is 31.2 Å². The summed E-state index contributed by atoms with van der Waals surface area (Å²) in [4.78, 5) is 19.7. The third-order valence-corrected chi connectivity index (χ3v) is 2.92. The van der Waals surface area contributed by atoms with Crippen LogP contribution in [0.5, 0.6) is 0 Å². The van der Waals surface area contributed by atoms with Gasteiger partial charge in [-0.25, -0.2) is 9.97 Å². The minimum absolute atomic E-state index is 0.163. The van der Waals surface area contributed by atoms with Gasteiger partial charge in [0.1, 0.15) is 6.33 Å². The van der Waals surface area contributed by atoms with E-state index in [0.29, 0.717) is 0 Å². The molecule has 0 aliphatic rings. The summed E-state index contributed by atoms with van der Waals surface area (Å²) in [5, 5.41) is 10.9. The van der Waals surface area contributed by atoms with Crippen molar-refractivity contribution in [2.45, 2.75) is 6.92 Å². The lowest BCUT2D eigenvalue weighted by molar-refractivity contribution is -0.384. The van der Waals surface area contributed by atoms with E-state index < -0.39 is 4.92 Å². The van der Waals surface area contributed by atoms with Gasteiger partial charge in [0.25, 0.3) is 0 Å². The third-order valence-electron chi connectivity index (χ3n) is 2.65. The van der Waals surface area contributed by atoms with Gasteiger partial charge in [0, 0.05) is 12.7 Å². The van der Waals surface area contributed by atoms with E-state index in [4.69, 9.17) is 11.6 Å². The molecular formula is C12H11ClN4O2. The molecule has 0 radical (unpaired) electrons. The average Bonchev–Trinajstić information content (AvgIpc) is 2.37. The summed E-state index contributed by atoms with van der Waals surface area (Å²) in [5.74, 6) is 0.163. The van der Waals surface area contributed by atoms with Crippen LogP contribution in [-0.4, -0.2) is 21.9 Å². The predicted molar refractivity (Wildman–Crippen MR) is 72.9 cm³/mol. The van der Waals surface area contributed by atoms with Crippen LogP contribution in [0.1, 0.15) is 5.56 Å². The second-order valence-corrected chi connectivity index (χ2v) is 4.35. The maximum Gasteiger partial charge on any atom is 0.348 e. The summed E-state index contributed by atoms with van der Waals surface area (Å²) >= 11 is 5.77. The van der Waals surface area contributed by atoms with Crippen molar-refractivity contribution in [3.05, 3.63) is 51.4 Å². The minimum Gasteiger partial charge on any atom is -0.324 e. The van der Waals surface area contributed by atoms with Gasteiger partial charge < -0.3 is 4.90 Å². The summed E-state index contributed by atoms with van der Waals surface area (Å²) in [6, 6.07) is 7.56. The Bertz CT molecular complexity index is 633. The molecule has 1 heterocycles. The fourth-order valence-corrected chi connectivity index (χ4v) is 1.91. The number of hydrogen-bond acceptors (Lipinski definition) is 5. The SMILES string of the molecule is Cc1cccc(N(C)c2ncnc(Cl)c2[N+](=O)[O-])c1. The Balaban J connectivity index is 2.53. The molecule has 0 N–H and O–H groups in total. The largest absolute Gasteiger partial charge is 0.348 e. The van der Waals surface area contributed by atoms with Gasteiger partial charge in [-0.05, 0) is 24.6 Å². The number of anilines is 2. The molecule has 0 atom stereocenters. The normalized spacial score (nSPS) is 10.3. The first kappa shape index (κ1) is 13.2. The Hall–Kier alpha value is -2.21. The number of aryl methyl sites for hydroxylation is 1. The zero-order chi connectivity index (χ0) is 14.0. The van der Waals surface area contributed by atoms with Crippen LogP contribution in [-0.2, 0) is 0 Å². The third kappa shape index (κ3) is 2.63. The Kier molecular flexibility index (Phi) is 3.62. The fourth-order valence-electron chi connectivity index (χ4n) is 1.71. The molecule has 0 saturated carbocycles. The van der Waals surface area contributed by atoms with Crippen LogP contribution in [0.3, 0.4) is 0 Å². The topological polar surface area (TPSA) is 72.2 Å². The molecule has 0 saturated heterocycles. The highest BCUT2D eigenvalue weighted by Crippen LogP contribution is 2.34. The molecule has 2 rings (SSSR count). The smallest absolute Gasteiger partial charge is 0.324 e. The molecule has 0 aliphatic carbocycles. The van der Waals surface area contributed by atoms with Crippen molar-refractivity contribution in [2.24, 2.45) is 0 Å². The predicted octanol–water partition coefficient (Wildman–Crippen LogP) is 3.11. The molecule has 0 aliphatic heterocycles. The number of hydrogen-bond donors (Lipinski definition) is 0. The molecular weight excluding hydrogens is 268 g/mol. The second-order valence-electron chi connectivity index (χ2n) is 3.99. The van der Waals surface area contributed by atoms with Gasteiger partial charge in [0.2, 0.25) is 11.0 Å². The van der Waals surface area contributed by atoms with Crippen molar-refractivity contribution < 1.29 is 4.92 Å². The molecule has 98 valence electrons. The van der Waals surface area contributed by atoms with Crippen molar-refractivity contribution in [1.29, 1.82) is 0 Å². The van der Waals surface area contributed by atoms with E-state index in [1.165, 1.54) is 6.33 Å². The molecule has 1 aromatic heterocycles. The van der Waals surface area contributed by atoms with Crippen molar-refractivity contribution in [3.63, 3.8) is 0 Å². The molecule has 0 bridgehead atoms. The first-order valence-electron chi connectivity index (χ1n) is 5.46. The fraction of sp³-hybridized carbons (Fsp3) is 0.167. The van der Waals surface area contributed by atoms with Gasteiger partial charge in [0.15, 0.2) is 0 Å². The number of benzene rings is 1. The highest BCUT2D eigenvalue weighted by molar-refractivity contribution is 6.31. The lowest BCUT2D eigenvalue weighted by Gasteiger charge is -2.18. The highest BCUT2D eigenvalue weighted by Gasteiger charge is 2.24. The molecule has 0 fully saturated rings. The highest BCUT2D eigenvalue weighted by atomic mass is 35.5. The molecule has 1 aromatic carbocycles. The van der Waals surface area contributed by atoms with E-state index in [1.54, 1.807) is 11.9 Å². The average molecular weight is 279 g/mol. The maximum atomic E-state index is 11.1. The van der Waals surface area contributed by atoms with Crippen LogP contribution in [0.15, 0.2) is 30.6 Å². The summed E-state index contributed by atoms with van der Waals surface area (Å²) in [5.41, 5.74) is 1.54. The number of rotatable bonds is 3. The van der Waals surface area contributed by atoms with Crippen LogP contribution < -0.4 is 4.90 Å². The number of nitro groups is 1. The lowest BCUT2D eigenvalue weighted by Crippen LogP contribution is -2.14. The van der Waals surface area contributed by atoms with E-state index in [9.17, 15) is 10.1 Å². The monoisotopic (exact) mass is 278 g/mol. The quantitative estimate of drug-likeness (QED) is 0.490. The van der Waals surface area contributed by atoms with E-state index in [-0.39, 0.29) is 16.7 Å². The van der Waals surface area contributed by atoms with E-state index in [0.717, 1.165) is 11.3 Å². The Labute approximate surface area is 114 Å². The molecule has 0 unspecified atom stereocenters. The number of halogens is 1. The van der Waals surface area contributed by atoms with Crippen LogP contribution >= 0.6 is 11.6 Å². The van der Waals surface area contributed by atoms with Gasteiger partial charge in [-0.1, -0.05) is 23.7 Å². The second kappa shape index (κ2) is 5.19. The van der Waals surface area contributed by atoms with Crippen molar-refractivity contribution in [2.75, 3.05) is 11.9 Å². The standard InChI is InChI=1S/C12H11ClN4O2/c1-8-4-3-5-9(6-8)16(2)12-10(17(18)19)11(13)14-7-15-12/h3-7H,1-2H3. The maximum absolute atomic E-state index is 11.1. The Morgan fingerprint density at radius 3 is 2.74 bits per heavy atom. The lowest BCUT2D eigenvalue weighted by atomic mass is 10.2. The molecule has 0 amide bonds. The van der Waals surface area contributed by atoms with Gasteiger partial charge in [0.05, 0.1) is 4.92 Å². The first-order chi connectivity index (χ1) is 9.00. The zero-order valence-corrected chi connectivity index (χ0v) is 11.1. The number of nitrogens with zero attached hydrogens (tertiary/aromatic N) is 4. The van der Waals surface area contributed by atoms with Gasteiger partial charge >= 0.3 is 5.69 Å². The minimum atomic E-state index is -0.579. The van der Waals surface area contributed by atoms with Crippen molar-refractivity contribution in [1.82, 2.24) is 9.97 Å². The number of aromatic nitrogens is 2. The molecule has 7 heteroatoms. The van der Waals surface area contributed by atoms with Crippen molar-refractivity contribution in [3.8, 4) is 0 Å². The Morgan fingerprint density at radius 1 is 1.37 bits per heavy atom. The van der Waals surface area contributed by atoms with Crippen LogP contribution in [0.25, 0.3) is 0 Å². The zero-order valence-electron chi connectivity index (χ0n) is 10.4. The van der Waals surface area contributed by atoms with Crippen molar-refractivity contribution >= 4 is 28.8 Å². The van der Waals surface area contributed by atoms with Crippen LogP contribution in [0.4, 0.5) is 17.2 Å². The summed E-state index contributed by atoms with van der Waals surface area (Å²) in [6.45, 7) is 1.94. The van der Waals surface area contributed by atoms with E-state index in [2.05, 4.69) is 9.97 Å². The molecule has 2 aromatic rings. The van der Waals surface area contributed by atoms with Gasteiger partial charge in [-0.2, -0.15) is 0 Å². The Morgan fingerprint density at radius 2 is 2.11 bits per heavy atom. The van der Waals surface area contributed by atoms with Gasteiger partial charge in [-0.15, -0.1) is 0 Å². The summed E-state index contributed by atoms with van der Waals surface area (Å²) in [6.07, 6.45) is 1.21. The van der Waals surface area contributed by atoms with Crippen LogP contribution in [0, 0.1) is 17.0 Å². The van der Waals surface area contributed by atoms with E-state index >= 15 is 0 Å². The molecule has 0 spiro atoms. The van der Waals surface area contributed by atoms with Gasteiger partial charge in [-0.3, -0.25) is 10.1 Å². The molecule has 19 heavy (non-hydrogen) atoms. The molecule has 6 nitrogen and oxygen atoms in total.